The van der Waals surface area contributed by atoms with Crippen LogP contribution in [0.15, 0.2) is 122 Å². The van der Waals surface area contributed by atoms with Gasteiger partial charge in [-0.05, 0) is 96.3 Å². The van der Waals surface area contributed by atoms with E-state index in [1.165, 1.54) is 19.3 Å². The molecule has 0 saturated heterocycles. The molecule has 0 aliphatic heterocycles. The van der Waals surface area contributed by atoms with Crippen LogP contribution in [0.3, 0.4) is 0 Å². The van der Waals surface area contributed by atoms with Gasteiger partial charge in [-0.2, -0.15) is 0 Å². The molecule has 0 aromatic rings. The average molecular weight is 889 g/mol. The number of hydrogen-bond acceptors (Lipinski definition) is 6. The van der Waals surface area contributed by atoms with Crippen LogP contribution in [0.25, 0.3) is 0 Å². The van der Waals surface area contributed by atoms with E-state index in [-0.39, 0.29) is 42.7 Å². The van der Waals surface area contributed by atoms with Crippen LogP contribution in [0, 0.1) is 0 Å². The maximum Gasteiger partial charge on any atom is 0.362 e. The molecule has 0 aliphatic carbocycles. The van der Waals surface area contributed by atoms with Gasteiger partial charge in [0.05, 0.1) is 34.4 Å². The molecule has 1 N–H and O–H groups in total. The van der Waals surface area contributed by atoms with Crippen LogP contribution in [0.2, 0.25) is 0 Å². The highest BCUT2D eigenvalue weighted by Gasteiger charge is 2.31. The van der Waals surface area contributed by atoms with E-state index in [1.807, 2.05) is 21.1 Å². The van der Waals surface area contributed by atoms with Crippen molar-refractivity contribution >= 4 is 17.9 Å². The first kappa shape index (κ1) is 59.7. The molecule has 8 nitrogen and oxygen atoms in total. The van der Waals surface area contributed by atoms with Crippen LogP contribution in [0.5, 0.6) is 0 Å². The summed E-state index contributed by atoms with van der Waals surface area (Å²) in [5.41, 5.74) is 0. The molecule has 0 bridgehead atoms. The van der Waals surface area contributed by atoms with Crippen molar-refractivity contribution in [1.82, 2.24) is 0 Å². The zero-order valence-corrected chi connectivity index (χ0v) is 40.9. The van der Waals surface area contributed by atoms with Gasteiger partial charge in [-0.15, -0.1) is 0 Å². The van der Waals surface area contributed by atoms with Gasteiger partial charge in [-0.3, -0.25) is 9.59 Å². The van der Waals surface area contributed by atoms with Crippen molar-refractivity contribution in [2.45, 2.75) is 174 Å². The van der Waals surface area contributed by atoms with E-state index in [0.717, 1.165) is 103 Å². The Labute approximate surface area is 391 Å². The van der Waals surface area contributed by atoms with Crippen LogP contribution >= 0.6 is 0 Å². The molecule has 2 atom stereocenters. The van der Waals surface area contributed by atoms with Gasteiger partial charge in [-0.1, -0.05) is 167 Å². The minimum atomic E-state index is -0.890. The smallest absolute Gasteiger partial charge is 0.362 e. The van der Waals surface area contributed by atoms with Gasteiger partial charge in [-0.25, -0.2) is 4.79 Å². The van der Waals surface area contributed by atoms with Gasteiger partial charge < -0.3 is 23.8 Å². The molecule has 360 valence electrons. The molecule has 0 amide bonds. The van der Waals surface area contributed by atoms with Crippen LogP contribution in [0.4, 0.5) is 0 Å². The van der Waals surface area contributed by atoms with Gasteiger partial charge in [0.15, 0.2) is 12.1 Å². The molecular weight excluding hydrogens is 799 g/mol. The van der Waals surface area contributed by atoms with E-state index in [0.29, 0.717) is 19.3 Å². The molecule has 0 aliphatic rings. The Balaban J connectivity index is 4.43. The first-order chi connectivity index (χ1) is 31.1. The maximum absolute atomic E-state index is 12.8. The third kappa shape index (κ3) is 43.0. The second-order valence-electron chi connectivity index (χ2n) is 17.0. The Morgan fingerprint density at radius 3 is 1.27 bits per heavy atom. The summed E-state index contributed by atoms with van der Waals surface area (Å²) in [4.78, 5) is 37.1. The molecule has 0 fully saturated rings. The molecule has 0 radical (unpaired) electrons. The molecule has 0 spiro atoms. The van der Waals surface area contributed by atoms with Gasteiger partial charge in [0.1, 0.15) is 6.61 Å². The standard InChI is InChI=1S/C56H89NO7/c1-6-8-10-12-14-16-18-20-22-24-26-28-30-32-34-36-38-40-42-44-46-54(58)63-51-52(50-62-49-48-53(56(60)61)57(3,4)5)64-55(59)47-45-43-41-39-37-35-33-31-29-27-25-23-21-19-17-15-13-11-9-7-2/h8-11,14-17,20-23,26-29,32,34,38,40,52-53H,6-7,12-13,18-19,24-25,30-31,33,35-37,39,41-51H2,1-5H3/p+1/b10-8+,11-9+,16-14+,17-15+,22-20+,23-21+,28-26+,29-27+,34-32+,40-38+. The number of aliphatic carboxylic acids is 1. The highest BCUT2D eigenvalue weighted by molar-refractivity contribution is 5.72. The lowest BCUT2D eigenvalue weighted by Crippen LogP contribution is -2.50. The van der Waals surface area contributed by atoms with E-state index in [1.54, 1.807) is 0 Å². The third-order valence-electron chi connectivity index (χ3n) is 10.1. The van der Waals surface area contributed by atoms with E-state index < -0.39 is 18.1 Å². The van der Waals surface area contributed by atoms with Crippen LogP contribution in [-0.4, -0.2) is 80.6 Å². The number of hydrogen-bond donors (Lipinski definition) is 1. The molecule has 0 saturated carbocycles. The molecule has 64 heavy (non-hydrogen) atoms. The lowest BCUT2D eigenvalue weighted by molar-refractivity contribution is -0.887. The Kier molecular flexibility index (Phi) is 42.3. The zero-order valence-electron chi connectivity index (χ0n) is 40.9. The normalized spacial score (nSPS) is 14.0. The van der Waals surface area contributed by atoms with Crippen LogP contribution < -0.4 is 0 Å². The van der Waals surface area contributed by atoms with Gasteiger partial charge >= 0.3 is 17.9 Å². The highest BCUT2D eigenvalue weighted by Crippen LogP contribution is 2.13. The molecule has 0 aromatic heterocycles. The van der Waals surface area contributed by atoms with Crippen molar-refractivity contribution < 1.29 is 38.2 Å². The summed E-state index contributed by atoms with van der Waals surface area (Å²) < 4.78 is 17.3. The van der Waals surface area contributed by atoms with E-state index in [2.05, 4.69) is 135 Å². The van der Waals surface area contributed by atoms with Crippen LogP contribution in [-0.2, 0) is 28.6 Å². The van der Waals surface area contributed by atoms with E-state index in [9.17, 15) is 19.5 Å². The van der Waals surface area contributed by atoms with Gasteiger partial charge in [0.2, 0.25) is 0 Å². The number of carbonyl (C=O) groups excluding carboxylic acids is 2. The number of ether oxygens (including phenoxy) is 3. The zero-order chi connectivity index (χ0) is 47.0. The van der Waals surface area contributed by atoms with Gasteiger partial charge in [0, 0.05) is 19.3 Å². The third-order valence-corrected chi connectivity index (χ3v) is 10.1. The molecule has 0 heterocycles. The second kappa shape index (κ2) is 45.3. The summed E-state index contributed by atoms with van der Waals surface area (Å²) in [5, 5.41) is 9.65. The minimum absolute atomic E-state index is 0.0297. The molecule has 2 unspecified atom stereocenters. The number of carbonyl (C=O) groups is 3. The van der Waals surface area contributed by atoms with Crippen molar-refractivity contribution in [3.63, 3.8) is 0 Å². The summed E-state index contributed by atoms with van der Waals surface area (Å²) in [6.07, 6.45) is 63.9. The topological polar surface area (TPSA) is 99.1 Å². The van der Waals surface area contributed by atoms with Crippen molar-refractivity contribution in [2.24, 2.45) is 0 Å². The summed E-state index contributed by atoms with van der Waals surface area (Å²) in [6, 6.07) is -0.634. The summed E-state index contributed by atoms with van der Waals surface area (Å²) in [6.45, 7) is 4.42. The predicted octanol–water partition coefficient (Wildman–Crippen LogP) is 14.2. The fraction of sp³-hybridized carbons (Fsp3) is 0.589. The molecular formula is C56H90NO7+. The van der Waals surface area contributed by atoms with Crippen molar-refractivity contribution in [1.29, 1.82) is 0 Å². The fourth-order valence-corrected chi connectivity index (χ4v) is 6.39. The number of unbranched alkanes of at least 4 members (excludes halogenated alkanes) is 8. The molecule has 8 heteroatoms. The Hall–Kier alpha value is -4.27. The maximum atomic E-state index is 12.8. The van der Waals surface area contributed by atoms with Crippen molar-refractivity contribution in [3.05, 3.63) is 122 Å². The number of rotatable bonds is 42. The Morgan fingerprint density at radius 2 is 0.844 bits per heavy atom. The van der Waals surface area contributed by atoms with E-state index in [4.69, 9.17) is 14.2 Å². The highest BCUT2D eigenvalue weighted by atomic mass is 16.6. The number of likely N-dealkylation sites (N-methyl/N-ethyl adjacent to an activating group) is 1. The predicted molar refractivity (Wildman–Crippen MR) is 270 cm³/mol. The number of carboxylic acid groups (broad SMARTS) is 1. The molecule has 0 rings (SSSR count). The number of allylic oxidation sites excluding steroid dienone is 20. The number of carboxylic acids is 1. The Bertz CT molecular complexity index is 1450. The summed E-state index contributed by atoms with van der Waals surface area (Å²) in [5.74, 6) is -1.57. The lowest BCUT2D eigenvalue weighted by atomic mass is 10.1. The fourth-order valence-electron chi connectivity index (χ4n) is 6.39. The minimum Gasteiger partial charge on any atom is -0.477 e. The molecule has 0 aromatic carbocycles. The second-order valence-corrected chi connectivity index (χ2v) is 17.0. The first-order valence-corrected chi connectivity index (χ1v) is 24.6. The van der Waals surface area contributed by atoms with Crippen molar-refractivity contribution in [3.8, 4) is 0 Å². The van der Waals surface area contributed by atoms with Crippen LogP contribution in [0.1, 0.15) is 162 Å². The van der Waals surface area contributed by atoms with Gasteiger partial charge in [0.25, 0.3) is 0 Å². The SMILES string of the molecule is CC/C=C/C/C=C/C/C=C/C/C=C/C/C=C/C/C=C/CCCC(=O)OCC(COCCC(C(=O)O)[N+](C)(C)C)OC(=O)CCCCCCCCC/C=C/C/C=C/C/C=C/C/C=C/CC. The number of esters is 2. The lowest BCUT2D eigenvalue weighted by Gasteiger charge is -2.31. The van der Waals surface area contributed by atoms with E-state index >= 15 is 0 Å². The summed E-state index contributed by atoms with van der Waals surface area (Å²) in [7, 11) is 5.50. The summed E-state index contributed by atoms with van der Waals surface area (Å²) >= 11 is 0. The monoisotopic (exact) mass is 889 g/mol. The number of nitrogens with zero attached hydrogens (tertiary/aromatic N) is 1. The largest absolute Gasteiger partial charge is 0.477 e. The van der Waals surface area contributed by atoms with Crippen molar-refractivity contribution in [2.75, 3.05) is 41.0 Å². The quantitative estimate of drug-likeness (QED) is 0.0282. The first-order valence-electron chi connectivity index (χ1n) is 24.6. The Morgan fingerprint density at radius 1 is 0.469 bits per heavy atom. The number of quaternary nitrogens is 1. The average Bonchev–Trinajstić information content (AvgIpc) is 3.26.